The molecule has 2 nitrogen and oxygen atoms in total. The van der Waals surface area contributed by atoms with Crippen LogP contribution in [0.3, 0.4) is 0 Å². The molecule has 0 fully saturated rings. The molecule has 0 heterocycles. The second-order valence-electron chi connectivity index (χ2n) is 2.19. The molecule has 0 aliphatic heterocycles. The van der Waals surface area contributed by atoms with E-state index in [-0.39, 0.29) is 5.97 Å². The van der Waals surface area contributed by atoms with Gasteiger partial charge in [0.05, 0.1) is 12.0 Å². The molecule has 0 saturated heterocycles. The quantitative estimate of drug-likeness (QED) is 0.443. The molecule has 0 aromatic carbocycles. The molecule has 0 aliphatic rings. The summed E-state index contributed by atoms with van der Waals surface area (Å²) in [6, 6.07) is 0. The van der Waals surface area contributed by atoms with Crippen molar-refractivity contribution in [3.8, 4) is 0 Å². The molecule has 1 unspecified atom stereocenters. The molecule has 0 radical (unpaired) electrons. The predicted molar refractivity (Wildman–Crippen MR) is 59.9 cm³/mol. The molecule has 0 amide bonds. The zero-order chi connectivity index (χ0) is 9.56. The fourth-order valence-electron chi connectivity index (χ4n) is 0.277. The summed E-state index contributed by atoms with van der Waals surface area (Å²) in [5.74, 6) is 0.374. The van der Waals surface area contributed by atoms with Crippen LogP contribution < -0.4 is 0 Å². The van der Waals surface area contributed by atoms with Crippen molar-refractivity contribution in [2.24, 2.45) is 0 Å². The second kappa shape index (κ2) is 6.97. The smallest absolute Gasteiger partial charge is 0.345 e. The van der Waals surface area contributed by atoms with Crippen LogP contribution in [-0.4, -0.2) is 21.9 Å². The Labute approximate surface area is 93.6 Å². The summed E-state index contributed by atoms with van der Waals surface area (Å²) in [4.78, 5) is 11.2. The van der Waals surface area contributed by atoms with Gasteiger partial charge in [0.2, 0.25) is 0 Å². The van der Waals surface area contributed by atoms with Crippen LogP contribution >= 0.6 is 43.9 Å². The van der Waals surface area contributed by atoms with E-state index in [9.17, 15) is 4.79 Å². The highest BCUT2D eigenvalue weighted by atomic mass is 79.9. The lowest BCUT2D eigenvalue weighted by Crippen LogP contribution is -2.06. The summed E-state index contributed by atoms with van der Waals surface area (Å²) in [6.45, 7) is 5.09. The molecular formula is C7H10Br2O2S. The SMILES string of the molecule is C=C(C)C(=O)OSCC(Br)CBr. The predicted octanol–water partition coefficient (Wildman–Crippen LogP) is 2.91. The highest BCUT2D eigenvalue weighted by Crippen LogP contribution is 2.14. The maximum Gasteiger partial charge on any atom is 0.345 e. The Hall–Kier alpha value is 0.520. The first-order valence-corrected chi connectivity index (χ1v) is 6.22. The number of rotatable bonds is 5. The minimum Gasteiger partial charge on any atom is -0.388 e. The molecule has 0 saturated carbocycles. The van der Waals surface area contributed by atoms with Crippen LogP contribution in [0.1, 0.15) is 6.92 Å². The van der Waals surface area contributed by atoms with E-state index in [0.717, 1.165) is 23.1 Å². The molecule has 5 heteroatoms. The normalized spacial score (nSPS) is 12.2. The third-order valence-corrected chi connectivity index (χ3v) is 4.43. The van der Waals surface area contributed by atoms with E-state index in [0.29, 0.717) is 10.4 Å². The summed E-state index contributed by atoms with van der Waals surface area (Å²) in [5, 5.41) is 0.838. The van der Waals surface area contributed by atoms with Crippen LogP contribution in [0.25, 0.3) is 0 Å². The number of halogens is 2. The van der Waals surface area contributed by atoms with E-state index >= 15 is 0 Å². The Morgan fingerprint density at radius 2 is 2.33 bits per heavy atom. The average Bonchev–Trinajstić information content (AvgIpc) is 2.03. The fraction of sp³-hybridized carbons (Fsp3) is 0.571. The van der Waals surface area contributed by atoms with Gasteiger partial charge in [-0.05, 0) is 6.92 Å². The number of hydrogen-bond acceptors (Lipinski definition) is 3. The number of carbonyl (C=O) groups excluding carboxylic acids is 1. The molecule has 1 atom stereocenters. The van der Waals surface area contributed by atoms with Gasteiger partial charge < -0.3 is 4.18 Å². The Bertz CT molecular complexity index is 173. The number of alkyl halides is 2. The highest BCUT2D eigenvalue weighted by Gasteiger charge is 2.06. The first-order valence-electron chi connectivity index (χ1n) is 3.27. The minimum atomic E-state index is -0.353. The van der Waals surface area contributed by atoms with E-state index in [2.05, 4.69) is 38.4 Å². The lowest BCUT2D eigenvalue weighted by atomic mass is 10.4. The maximum atomic E-state index is 10.8. The maximum absolute atomic E-state index is 10.8. The molecule has 0 bridgehead atoms. The molecule has 70 valence electrons. The van der Waals surface area contributed by atoms with Gasteiger partial charge in [-0.2, -0.15) is 0 Å². The highest BCUT2D eigenvalue weighted by molar-refractivity contribution is 9.12. The van der Waals surface area contributed by atoms with Crippen molar-refractivity contribution in [3.63, 3.8) is 0 Å². The largest absolute Gasteiger partial charge is 0.388 e. The van der Waals surface area contributed by atoms with E-state index in [1.807, 2.05) is 0 Å². The van der Waals surface area contributed by atoms with Crippen molar-refractivity contribution in [3.05, 3.63) is 12.2 Å². The van der Waals surface area contributed by atoms with Crippen molar-refractivity contribution in [2.75, 3.05) is 11.1 Å². The van der Waals surface area contributed by atoms with E-state index in [1.165, 1.54) is 0 Å². The summed E-state index contributed by atoms with van der Waals surface area (Å²) in [7, 11) is 0. The Balaban J connectivity index is 3.44. The number of hydrogen-bond donors (Lipinski definition) is 0. The van der Waals surface area contributed by atoms with Gasteiger partial charge in [-0.15, -0.1) is 0 Å². The Kier molecular flexibility index (Phi) is 7.28. The standard InChI is InChI=1S/C7H10Br2O2S/c1-5(2)7(10)11-12-4-6(9)3-8/h6H,1,3-4H2,2H3. The van der Waals surface area contributed by atoms with Crippen molar-refractivity contribution in [1.82, 2.24) is 0 Å². The lowest BCUT2D eigenvalue weighted by molar-refractivity contribution is -0.128. The summed E-state index contributed by atoms with van der Waals surface area (Å²) >= 11 is 7.81. The molecular weight excluding hydrogens is 308 g/mol. The summed E-state index contributed by atoms with van der Waals surface area (Å²) in [5.41, 5.74) is 0.424. The van der Waals surface area contributed by atoms with Gasteiger partial charge in [0, 0.05) is 21.5 Å². The lowest BCUT2D eigenvalue weighted by Gasteiger charge is -2.04. The van der Waals surface area contributed by atoms with E-state index in [4.69, 9.17) is 4.18 Å². The molecule has 0 aromatic heterocycles. The molecule has 0 spiro atoms. The zero-order valence-corrected chi connectivity index (χ0v) is 10.7. The van der Waals surface area contributed by atoms with Gasteiger partial charge in [-0.25, -0.2) is 4.79 Å². The topological polar surface area (TPSA) is 26.3 Å². The van der Waals surface area contributed by atoms with Crippen molar-refractivity contribution < 1.29 is 8.98 Å². The van der Waals surface area contributed by atoms with Crippen LogP contribution in [-0.2, 0) is 8.98 Å². The first-order chi connectivity index (χ1) is 5.57. The Morgan fingerprint density at radius 1 is 1.75 bits per heavy atom. The average molecular weight is 318 g/mol. The van der Waals surface area contributed by atoms with Gasteiger partial charge in [-0.1, -0.05) is 38.4 Å². The van der Waals surface area contributed by atoms with Gasteiger partial charge in [0.25, 0.3) is 0 Å². The third kappa shape index (κ3) is 6.08. The molecule has 0 aliphatic carbocycles. The monoisotopic (exact) mass is 316 g/mol. The fourth-order valence-corrected chi connectivity index (χ4v) is 1.72. The van der Waals surface area contributed by atoms with Crippen LogP contribution in [0.2, 0.25) is 0 Å². The van der Waals surface area contributed by atoms with Gasteiger partial charge in [0.1, 0.15) is 0 Å². The van der Waals surface area contributed by atoms with Crippen molar-refractivity contribution in [1.29, 1.82) is 0 Å². The Morgan fingerprint density at radius 3 is 2.75 bits per heavy atom. The van der Waals surface area contributed by atoms with Crippen LogP contribution in [0.15, 0.2) is 12.2 Å². The van der Waals surface area contributed by atoms with Crippen LogP contribution in [0.4, 0.5) is 0 Å². The molecule has 12 heavy (non-hydrogen) atoms. The molecule has 0 rings (SSSR count). The molecule has 0 N–H and O–H groups in total. The van der Waals surface area contributed by atoms with Crippen molar-refractivity contribution >= 4 is 49.9 Å². The van der Waals surface area contributed by atoms with E-state index in [1.54, 1.807) is 6.92 Å². The summed E-state index contributed by atoms with van der Waals surface area (Å²) < 4.78 is 4.80. The zero-order valence-electron chi connectivity index (χ0n) is 6.68. The van der Waals surface area contributed by atoms with Gasteiger partial charge >= 0.3 is 5.97 Å². The first kappa shape index (κ1) is 12.5. The van der Waals surface area contributed by atoms with E-state index < -0.39 is 0 Å². The third-order valence-electron chi connectivity index (χ3n) is 0.899. The number of carbonyl (C=O) groups is 1. The van der Waals surface area contributed by atoms with Crippen LogP contribution in [0, 0.1) is 0 Å². The van der Waals surface area contributed by atoms with Gasteiger partial charge in [0.15, 0.2) is 0 Å². The molecule has 0 aromatic rings. The second-order valence-corrected chi connectivity index (χ2v) is 4.87. The summed E-state index contributed by atoms with van der Waals surface area (Å²) in [6.07, 6.45) is 0. The van der Waals surface area contributed by atoms with Gasteiger partial charge in [-0.3, -0.25) is 0 Å². The minimum absolute atomic E-state index is 0.320. The van der Waals surface area contributed by atoms with Crippen molar-refractivity contribution in [2.45, 2.75) is 11.8 Å². The van der Waals surface area contributed by atoms with Crippen LogP contribution in [0.5, 0.6) is 0 Å².